The Morgan fingerprint density at radius 1 is 1.08 bits per heavy atom. The summed E-state index contributed by atoms with van der Waals surface area (Å²) in [5.74, 6) is -0.170. The smallest absolute Gasteiger partial charge is 0.282 e. The van der Waals surface area contributed by atoms with Crippen molar-refractivity contribution in [2.75, 3.05) is 9.91 Å². The summed E-state index contributed by atoms with van der Waals surface area (Å²) in [5, 5.41) is 9.03. The van der Waals surface area contributed by atoms with E-state index in [4.69, 9.17) is 10.1 Å². The van der Waals surface area contributed by atoms with Crippen LogP contribution in [0.25, 0.3) is 16.3 Å². The summed E-state index contributed by atoms with van der Waals surface area (Å²) in [4.78, 5) is 20.8. The van der Waals surface area contributed by atoms with Gasteiger partial charge in [-0.1, -0.05) is 41.3 Å². The number of fused-ring (bicyclic) bond motifs is 1. The van der Waals surface area contributed by atoms with Crippen molar-refractivity contribution in [3.63, 3.8) is 0 Å². The van der Waals surface area contributed by atoms with Crippen molar-refractivity contribution < 1.29 is 17.8 Å². The minimum Gasteiger partial charge on any atom is -0.282 e. The molecule has 1 fully saturated rings. The van der Waals surface area contributed by atoms with Crippen molar-refractivity contribution in [1.82, 2.24) is 4.98 Å². The molecule has 2 aromatic carbocycles. The number of anilines is 2. The molecule has 0 aliphatic carbocycles. The predicted molar refractivity (Wildman–Crippen MR) is 146 cm³/mol. The second-order valence-corrected chi connectivity index (χ2v) is 13.0. The molecule has 1 atom stereocenters. The molecule has 1 saturated heterocycles. The molecule has 182 valence electrons. The molecule has 4 aromatic rings. The maximum Gasteiger partial charge on any atom is 0.294 e. The molecule has 6 rings (SSSR count). The van der Waals surface area contributed by atoms with E-state index < -0.39 is 15.1 Å². The van der Waals surface area contributed by atoms with Gasteiger partial charge in [-0.2, -0.15) is 13.5 Å². The number of carbonyl (C=O) groups excluding carboxylic acids is 1. The Morgan fingerprint density at radius 3 is 2.56 bits per heavy atom. The summed E-state index contributed by atoms with van der Waals surface area (Å²) in [6.45, 7) is 1.90. The Labute approximate surface area is 219 Å². The van der Waals surface area contributed by atoms with Crippen molar-refractivity contribution >= 4 is 83.3 Å². The van der Waals surface area contributed by atoms with Crippen LogP contribution in [0, 0.1) is 0 Å². The van der Waals surface area contributed by atoms with E-state index >= 15 is 0 Å². The van der Waals surface area contributed by atoms with Gasteiger partial charge in [0.15, 0.2) is 5.13 Å². The lowest BCUT2D eigenvalue weighted by molar-refractivity contribution is -0.114. The first kappa shape index (κ1) is 23.4. The first-order chi connectivity index (χ1) is 17.2. The zero-order chi connectivity index (χ0) is 25.1. The molecule has 2 aliphatic heterocycles. The number of aromatic nitrogens is 1. The second kappa shape index (κ2) is 8.53. The lowest BCUT2D eigenvalue weighted by Crippen LogP contribution is -2.53. The van der Waals surface area contributed by atoms with E-state index in [0.717, 1.165) is 20.8 Å². The molecule has 36 heavy (non-hydrogen) atoms. The van der Waals surface area contributed by atoms with Crippen LogP contribution in [-0.2, 0) is 14.9 Å². The minimum absolute atomic E-state index is 0.170. The average Bonchev–Trinajstić information content (AvgIpc) is 3.61. The summed E-state index contributed by atoms with van der Waals surface area (Å²) >= 11 is 4.40. The lowest BCUT2D eigenvalue weighted by atomic mass is 10.2. The highest BCUT2D eigenvalue weighted by atomic mass is 32.2. The normalized spacial score (nSPS) is 21.3. The van der Waals surface area contributed by atoms with Crippen LogP contribution in [0.4, 0.5) is 10.8 Å². The Bertz CT molecular complexity index is 1630. The number of para-hydroxylation sites is 1. The predicted octanol–water partition coefficient (Wildman–Crippen LogP) is 5.67. The topological polar surface area (TPSA) is 103 Å². The van der Waals surface area contributed by atoms with Gasteiger partial charge in [-0.05, 0) is 60.8 Å². The molecule has 4 heterocycles. The fourth-order valence-corrected chi connectivity index (χ4v) is 8.08. The van der Waals surface area contributed by atoms with E-state index in [2.05, 4.69) is 0 Å². The zero-order valence-corrected chi connectivity index (χ0v) is 22.0. The minimum atomic E-state index is -4.34. The Morgan fingerprint density at radius 2 is 1.86 bits per heavy atom. The largest absolute Gasteiger partial charge is 0.294 e. The van der Waals surface area contributed by atoms with E-state index in [0.29, 0.717) is 22.1 Å². The average molecular weight is 555 g/mol. The van der Waals surface area contributed by atoms with Crippen LogP contribution in [0.2, 0.25) is 0 Å². The van der Waals surface area contributed by atoms with E-state index in [1.165, 1.54) is 35.2 Å². The van der Waals surface area contributed by atoms with Crippen molar-refractivity contribution in [1.29, 1.82) is 0 Å². The van der Waals surface area contributed by atoms with Crippen LogP contribution < -0.4 is 9.91 Å². The van der Waals surface area contributed by atoms with Crippen molar-refractivity contribution in [2.45, 2.75) is 23.2 Å². The van der Waals surface area contributed by atoms with Gasteiger partial charge in [-0.15, -0.1) is 11.3 Å². The van der Waals surface area contributed by atoms with Gasteiger partial charge in [0, 0.05) is 17.0 Å². The number of carbonyl (C=O) groups is 1. The van der Waals surface area contributed by atoms with Gasteiger partial charge >= 0.3 is 0 Å². The van der Waals surface area contributed by atoms with Gasteiger partial charge in [0.2, 0.25) is 4.99 Å². The van der Waals surface area contributed by atoms with Crippen LogP contribution in [0.3, 0.4) is 0 Å². The SMILES string of the molecule is CC1=NN(c2ccc(S(=O)(=O)O)cc2)[C@@]2(C1)S/C(=C\c1cccs1)C(=O)N2c1nc2ccccc2s1. The fraction of sp³-hybridized carbons (Fsp3) is 0.125. The summed E-state index contributed by atoms with van der Waals surface area (Å²) in [5.41, 5.74) is 2.21. The molecule has 1 amide bonds. The van der Waals surface area contributed by atoms with Crippen LogP contribution >= 0.6 is 34.4 Å². The van der Waals surface area contributed by atoms with Crippen LogP contribution in [0.5, 0.6) is 0 Å². The molecule has 2 aliphatic rings. The second-order valence-electron chi connectivity index (χ2n) is 8.27. The number of hydrogen-bond donors (Lipinski definition) is 1. The molecular formula is C24H18N4O4S4. The van der Waals surface area contributed by atoms with E-state index in [-0.39, 0.29) is 10.8 Å². The summed E-state index contributed by atoms with van der Waals surface area (Å²) in [6.07, 6.45) is 2.35. The highest BCUT2D eigenvalue weighted by molar-refractivity contribution is 8.06. The molecule has 0 bridgehead atoms. The molecule has 0 unspecified atom stereocenters. The number of rotatable bonds is 4. The number of benzene rings is 2. The van der Waals surface area contributed by atoms with Crippen molar-refractivity contribution in [2.24, 2.45) is 5.10 Å². The quantitative estimate of drug-likeness (QED) is 0.256. The van der Waals surface area contributed by atoms with E-state index in [1.54, 1.807) is 33.4 Å². The van der Waals surface area contributed by atoms with Crippen LogP contribution in [0.1, 0.15) is 18.2 Å². The number of hydrazone groups is 1. The fourth-order valence-electron chi connectivity index (χ4n) is 4.28. The Kier molecular flexibility index (Phi) is 5.54. The highest BCUT2D eigenvalue weighted by Gasteiger charge is 2.58. The van der Waals surface area contributed by atoms with Crippen LogP contribution in [-0.4, -0.2) is 34.6 Å². The standard InChI is InChI=1S/C24H18N4O4S4/c1-15-14-24(28(26-15)16-8-10-18(11-9-16)36(30,31)32)27(23-25-19-6-2-3-7-20(19)34-23)22(29)21(35-24)13-17-5-4-12-33-17/h2-13H,14H2,1H3,(H,30,31,32)/b21-13-/t24-/m0/s1. The summed E-state index contributed by atoms with van der Waals surface area (Å²) < 4.78 is 33.5. The third kappa shape index (κ3) is 3.85. The monoisotopic (exact) mass is 554 g/mol. The third-order valence-corrected chi connectivity index (χ3v) is 9.84. The van der Waals surface area contributed by atoms with Gasteiger partial charge in [0.1, 0.15) is 0 Å². The van der Waals surface area contributed by atoms with E-state index in [1.807, 2.05) is 54.8 Å². The molecule has 12 heteroatoms. The number of thiophene rings is 1. The third-order valence-electron chi connectivity index (χ3n) is 5.79. The maximum atomic E-state index is 14.0. The summed E-state index contributed by atoms with van der Waals surface area (Å²) in [6, 6.07) is 17.5. The van der Waals surface area contributed by atoms with Gasteiger partial charge in [0.05, 0.1) is 25.7 Å². The van der Waals surface area contributed by atoms with Gasteiger partial charge in [0.25, 0.3) is 16.0 Å². The van der Waals surface area contributed by atoms with Gasteiger partial charge in [-0.3, -0.25) is 9.35 Å². The Hall–Kier alpha value is -3.03. The first-order valence-electron chi connectivity index (χ1n) is 10.8. The highest BCUT2D eigenvalue weighted by Crippen LogP contribution is 2.55. The molecule has 1 spiro atoms. The zero-order valence-electron chi connectivity index (χ0n) is 18.7. The number of hydrogen-bond acceptors (Lipinski definition) is 9. The maximum absolute atomic E-state index is 14.0. The summed E-state index contributed by atoms with van der Waals surface area (Å²) in [7, 11) is -4.34. The molecule has 2 aromatic heterocycles. The number of amides is 1. The van der Waals surface area contributed by atoms with Crippen molar-refractivity contribution in [3.05, 3.63) is 75.8 Å². The Balaban J connectivity index is 1.51. The molecule has 0 saturated carbocycles. The van der Waals surface area contributed by atoms with E-state index in [9.17, 15) is 17.8 Å². The molecule has 1 N–H and O–H groups in total. The van der Waals surface area contributed by atoms with Gasteiger partial charge < -0.3 is 0 Å². The van der Waals surface area contributed by atoms with Crippen molar-refractivity contribution in [3.8, 4) is 0 Å². The molecule has 8 nitrogen and oxygen atoms in total. The molecule has 0 radical (unpaired) electrons. The van der Waals surface area contributed by atoms with Gasteiger partial charge in [-0.25, -0.2) is 14.9 Å². The molecular weight excluding hydrogens is 537 g/mol. The number of nitrogens with zero attached hydrogens (tertiary/aromatic N) is 4. The lowest BCUT2D eigenvalue weighted by Gasteiger charge is -2.38. The van der Waals surface area contributed by atoms with Crippen LogP contribution in [0.15, 0.2) is 80.9 Å². The number of thiazole rings is 1. The first-order valence-corrected chi connectivity index (χ1v) is 14.8. The number of thioether (sulfide) groups is 1.